The Morgan fingerprint density at radius 2 is 2.04 bits per heavy atom. The molecule has 0 bridgehead atoms. The summed E-state index contributed by atoms with van der Waals surface area (Å²) in [5.74, 6) is 1.29. The second kappa shape index (κ2) is 6.34. The third-order valence-electron chi connectivity index (χ3n) is 4.36. The molecule has 1 fully saturated rings. The first-order valence-electron chi connectivity index (χ1n) is 7.89. The molecule has 0 saturated carbocycles. The predicted molar refractivity (Wildman–Crippen MR) is 90.7 cm³/mol. The van der Waals surface area contributed by atoms with Crippen LogP contribution in [0.5, 0.6) is 11.5 Å². The zero-order chi connectivity index (χ0) is 16.5. The Morgan fingerprint density at radius 3 is 2.92 bits per heavy atom. The molecular weight excluding hydrogens is 328 g/mol. The summed E-state index contributed by atoms with van der Waals surface area (Å²) in [6, 6.07) is 12.9. The van der Waals surface area contributed by atoms with Crippen molar-refractivity contribution in [2.75, 3.05) is 26.4 Å². The summed E-state index contributed by atoms with van der Waals surface area (Å²) in [6.45, 7) is 2.32. The van der Waals surface area contributed by atoms with Gasteiger partial charge < -0.3 is 19.7 Å². The van der Waals surface area contributed by atoms with Crippen molar-refractivity contribution in [3.8, 4) is 11.5 Å². The Bertz CT molecular complexity index is 781. The second-order valence-electron chi connectivity index (χ2n) is 5.84. The molecule has 2 aliphatic rings. The van der Waals surface area contributed by atoms with Crippen LogP contribution < -0.4 is 14.8 Å². The topological polar surface area (TPSA) is 50.8 Å². The maximum atomic E-state index is 13.0. The summed E-state index contributed by atoms with van der Waals surface area (Å²) < 4.78 is 10.7. The largest absolute Gasteiger partial charge is 0.454 e. The van der Waals surface area contributed by atoms with Crippen LogP contribution in [0, 0.1) is 0 Å². The van der Waals surface area contributed by atoms with Crippen LogP contribution >= 0.6 is 11.6 Å². The van der Waals surface area contributed by atoms with Crippen LogP contribution in [-0.4, -0.2) is 37.2 Å². The first-order valence-corrected chi connectivity index (χ1v) is 8.27. The Hall–Kier alpha value is -2.24. The highest BCUT2D eigenvalue weighted by atomic mass is 35.5. The fourth-order valence-corrected chi connectivity index (χ4v) is 3.35. The molecule has 1 saturated heterocycles. The maximum Gasteiger partial charge on any atom is 0.254 e. The Kier molecular flexibility index (Phi) is 4.04. The molecule has 1 atom stereocenters. The molecule has 5 nitrogen and oxygen atoms in total. The van der Waals surface area contributed by atoms with Crippen LogP contribution in [-0.2, 0) is 0 Å². The average molecular weight is 345 g/mol. The van der Waals surface area contributed by atoms with Crippen molar-refractivity contribution < 1.29 is 14.3 Å². The summed E-state index contributed by atoms with van der Waals surface area (Å²) in [5, 5.41) is 4.02. The summed E-state index contributed by atoms with van der Waals surface area (Å²) >= 11 is 6.12. The number of amides is 1. The number of hydrogen-bond donors (Lipinski definition) is 1. The van der Waals surface area contributed by atoms with Crippen molar-refractivity contribution in [3.05, 3.63) is 58.6 Å². The van der Waals surface area contributed by atoms with Crippen molar-refractivity contribution in [2.45, 2.75) is 6.04 Å². The van der Waals surface area contributed by atoms with Gasteiger partial charge in [0, 0.05) is 30.2 Å². The molecule has 2 aliphatic heterocycles. The standard InChI is InChI=1S/C18H17ClN2O3/c19-14-3-1-2-12(8-14)15-10-20-6-7-21(15)18(22)13-4-5-16-17(9-13)24-11-23-16/h1-5,8-9,15,20H,6-7,10-11H2. The first kappa shape index (κ1) is 15.3. The van der Waals surface area contributed by atoms with Crippen LogP contribution in [0.15, 0.2) is 42.5 Å². The SMILES string of the molecule is O=C(c1ccc2c(c1)OCO2)N1CCNCC1c1cccc(Cl)c1. The van der Waals surface area contributed by atoms with E-state index in [-0.39, 0.29) is 18.7 Å². The summed E-state index contributed by atoms with van der Waals surface area (Å²) in [6.07, 6.45) is 0. The van der Waals surface area contributed by atoms with Gasteiger partial charge in [-0.25, -0.2) is 0 Å². The quantitative estimate of drug-likeness (QED) is 0.910. The number of hydrogen-bond acceptors (Lipinski definition) is 4. The Labute approximate surface area is 145 Å². The second-order valence-corrected chi connectivity index (χ2v) is 6.28. The van der Waals surface area contributed by atoms with Crippen molar-refractivity contribution >= 4 is 17.5 Å². The van der Waals surface area contributed by atoms with Crippen LogP contribution in [0.2, 0.25) is 5.02 Å². The Morgan fingerprint density at radius 1 is 1.17 bits per heavy atom. The highest BCUT2D eigenvalue weighted by molar-refractivity contribution is 6.30. The van der Waals surface area contributed by atoms with E-state index in [2.05, 4.69) is 5.32 Å². The lowest BCUT2D eigenvalue weighted by Crippen LogP contribution is -2.48. The van der Waals surface area contributed by atoms with E-state index in [1.165, 1.54) is 0 Å². The number of fused-ring (bicyclic) bond motifs is 1. The van der Waals surface area contributed by atoms with Gasteiger partial charge in [0.25, 0.3) is 5.91 Å². The highest BCUT2D eigenvalue weighted by Gasteiger charge is 2.29. The van der Waals surface area contributed by atoms with Gasteiger partial charge in [0.1, 0.15) is 0 Å². The number of halogens is 1. The van der Waals surface area contributed by atoms with E-state index in [9.17, 15) is 4.79 Å². The number of nitrogens with zero attached hydrogens (tertiary/aromatic N) is 1. The van der Waals surface area contributed by atoms with E-state index in [4.69, 9.17) is 21.1 Å². The van der Waals surface area contributed by atoms with E-state index in [1.54, 1.807) is 18.2 Å². The van der Waals surface area contributed by atoms with Crippen molar-refractivity contribution in [1.82, 2.24) is 10.2 Å². The number of nitrogens with one attached hydrogen (secondary N) is 1. The van der Waals surface area contributed by atoms with E-state index in [1.807, 2.05) is 29.2 Å². The third-order valence-corrected chi connectivity index (χ3v) is 4.59. The van der Waals surface area contributed by atoms with E-state index in [0.29, 0.717) is 35.2 Å². The van der Waals surface area contributed by atoms with Crippen LogP contribution in [0.4, 0.5) is 0 Å². The highest BCUT2D eigenvalue weighted by Crippen LogP contribution is 2.34. The lowest BCUT2D eigenvalue weighted by Gasteiger charge is -2.36. The van der Waals surface area contributed by atoms with Crippen LogP contribution in [0.25, 0.3) is 0 Å². The zero-order valence-corrected chi connectivity index (χ0v) is 13.8. The first-order chi connectivity index (χ1) is 11.7. The zero-order valence-electron chi connectivity index (χ0n) is 13.0. The molecule has 1 amide bonds. The fourth-order valence-electron chi connectivity index (χ4n) is 3.15. The molecule has 0 radical (unpaired) electrons. The van der Waals surface area contributed by atoms with Crippen molar-refractivity contribution in [3.63, 3.8) is 0 Å². The molecular formula is C18H17ClN2O3. The molecule has 0 aliphatic carbocycles. The van der Waals surface area contributed by atoms with Crippen LogP contribution in [0.3, 0.4) is 0 Å². The molecule has 6 heteroatoms. The molecule has 124 valence electrons. The summed E-state index contributed by atoms with van der Waals surface area (Å²) in [5.41, 5.74) is 1.64. The van der Waals surface area contributed by atoms with E-state index in [0.717, 1.165) is 12.1 Å². The van der Waals surface area contributed by atoms with Gasteiger partial charge >= 0.3 is 0 Å². The minimum absolute atomic E-state index is 0.0141. The minimum atomic E-state index is -0.0460. The molecule has 2 heterocycles. The van der Waals surface area contributed by atoms with E-state index < -0.39 is 0 Å². The minimum Gasteiger partial charge on any atom is -0.454 e. The monoisotopic (exact) mass is 344 g/mol. The Balaban J connectivity index is 1.64. The number of rotatable bonds is 2. The number of ether oxygens (including phenoxy) is 2. The van der Waals surface area contributed by atoms with E-state index >= 15 is 0 Å². The smallest absolute Gasteiger partial charge is 0.254 e. The molecule has 0 aromatic heterocycles. The normalized spacial score (nSPS) is 19.4. The molecule has 1 N–H and O–H groups in total. The van der Waals surface area contributed by atoms with Gasteiger partial charge in [-0.05, 0) is 35.9 Å². The lowest BCUT2D eigenvalue weighted by molar-refractivity contribution is 0.0634. The number of carbonyl (C=O) groups excluding carboxylic acids is 1. The van der Waals surface area contributed by atoms with Gasteiger partial charge in [0.05, 0.1) is 6.04 Å². The summed E-state index contributed by atoms with van der Waals surface area (Å²) in [4.78, 5) is 14.9. The fraction of sp³-hybridized carbons (Fsp3) is 0.278. The number of carbonyl (C=O) groups is 1. The van der Waals surface area contributed by atoms with Gasteiger partial charge in [-0.2, -0.15) is 0 Å². The van der Waals surface area contributed by atoms with Crippen molar-refractivity contribution in [2.24, 2.45) is 0 Å². The molecule has 2 aromatic rings. The molecule has 1 unspecified atom stereocenters. The van der Waals surface area contributed by atoms with Gasteiger partial charge in [-0.15, -0.1) is 0 Å². The van der Waals surface area contributed by atoms with Gasteiger partial charge in [-0.1, -0.05) is 23.7 Å². The van der Waals surface area contributed by atoms with Crippen LogP contribution in [0.1, 0.15) is 22.0 Å². The third kappa shape index (κ3) is 2.81. The molecule has 2 aromatic carbocycles. The number of piperazine rings is 1. The van der Waals surface area contributed by atoms with Gasteiger partial charge in [0.15, 0.2) is 11.5 Å². The molecule has 24 heavy (non-hydrogen) atoms. The van der Waals surface area contributed by atoms with Crippen molar-refractivity contribution in [1.29, 1.82) is 0 Å². The van der Waals surface area contributed by atoms with Gasteiger partial charge in [0.2, 0.25) is 6.79 Å². The lowest BCUT2D eigenvalue weighted by atomic mass is 10.0. The summed E-state index contributed by atoms with van der Waals surface area (Å²) in [7, 11) is 0. The maximum absolute atomic E-state index is 13.0. The predicted octanol–water partition coefficient (Wildman–Crippen LogP) is 2.86. The van der Waals surface area contributed by atoms with Gasteiger partial charge in [-0.3, -0.25) is 4.79 Å². The molecule has 0 spiro atoms. The molecule has 4 rings (SSSR count). The number of benzene rings is 2. The average Bonchev–Trinajstić information content (AvgIpc) is 3.09.